The summed E-state index contributed by atoms with van der Waals surface area (Å²) in [6.45, 7) is 3.04. The third kappa shape index (κ3) is 3.98. The number of anilines is 2. The lowest BCUT2D eigenvalue weighted by Crippen LogP contribution is -2.31. The van der Waals surface area contributed by atoms with Gasteiger partial charge in [-0.3, -0.25) is 4.79 Å². The number of likely N-dealkylation sites (N-methyl/N-ethyl adjacent to an activating group) is 1. The fourth-order valence-electron chi connectivity index (χ4n) is 1.37. The van der Waals surface area contributed by atoms with E-state index < -0.39 is 0 Å². The van der Waals surface area contributed by atoms with E-state index in [0.717, 1.165) is 17.9 Å². The third-order valence-electron chi connectivity index (χ3n) is 2.73. The maximum Gasteiger partial charge on any atom is 0.241 e. The summed E-state index contributed by atoms with van der Waals surface area (Å²) in [7, 11) is 5.81. The molecule has 0 unspecified atom stereocenters. The Kier molecular flexibility index (Phi) is 4.82. The van der Waals surface area contributed by atoms with Gasteiger partial charge in [-0.1, -0.05) is 0 Å². The Bertz CT molecular complexity index is 359. The van der Waals surface area contributed by atoms with Crippen LogP contribution < -0.4 is 10.2 Å². The Balaban J connectivity index is 2.50. The molecule has 0 spiro atoms. The number of nitrogens with zero attached hydrogens (tertiary/aromatic N) is 2. The van der Waals surface area contributed by atoms with Gasteiger partial charge in [0.25, 0.3) is 0 Å². The molecule has 1 aromatic carbocycles. The second-order valence-electron chi connectivity index (χ2n) is 4.20. The molecule has 17 heavy (non-hydrogen) atoms. The largest absolute Gasteiger partial charge is 0.378 e. The normalized spacial score (nSPS) is 9.88. The molecular formula is C13H21N3O. The molecule has 0 saturated carbocycles. The molecule has 0 atom stereocenters. The number of hydrogen-bond donors (Lipinski definition) is 1. The van der Waals surface area contributed by atoms with Crippen molar-refractivity contribution in [2.45, 2.75) is 6.92 Å². The van der Waals surface area contributed by atoms with Crippen LogP contribution in [0.25, 0.3) is 0 Å². The number of hydrogen-bond acceptors (Lipinski definition) is 3. The topological polar surface area (TPSA) is 35.6 Å². The molecule has 4 heteroatoms. The fourth-order valence-corrected chi connectivity index (χ4v) is 1.37. The molecule has 1 N–H and O–H groups in total. The summed E-state index contributed by atoms with van der Waals surface area (Å²) in [5.74, 6) is 0.101. The van der Waals surface area contributed by atoms with Crippen molar-refractivity contribution in [1.82, 2.24) is 4.90 Å². The van der Waals surface area contributed by atoms with E-state index in [1.165, 1.54) is 0 Å². The highest BCUT2D eigenvalue weighted by molar-refractivity contribution is 5.80. The molecule has 0 aliphatic rings. The molecule has 0 aliphatic heterocycles. The predicted octanol–water partition coefficient (Wildman–Crippen LogP) is 1.64. The molecule has 1 amide bonds. The third-order valence-corrected chi connectivity index (χ3v) is 2.73. The van der Waals surface area contributed by atoms with Crippen molar-refractivity contribution in [3.8, 4) is 0 Å². The smallest absolute Gasteiger partial charge is 0.241 e. The van der Waals surface area contributed by atoms with Gasteiger partial charge >= 0.3 is 0 Å². The summed E-state index contributed by atoms with van der Waals surface area (Å²) in [5.41, 5.74) is 2.11. The lowest BCUT2D eigenvalue weighted by molar-refractivity contribution is -0.127. The molecular weight excluding hydrogens is 214 g/mol. The first-order valence-corrected chi connectivity index (χ1v) is 5.79. The van der Waals surface area contributed by atoms with Gasteiger partial charge in [-0.05, 0) is 31.2 Å². The van der Waals surface area contributed by atoms with E-state index in [2.05, 4.69) is 5.32 Å². The van der Waals surface area contributed by atoms with Gasteiger partial charge in [-0.15, -0.1) is 0 Å². The molecule has 0 aromatic heterocycles. The maximum atomic E-state index is 11.6. The van der Waals surface area contributed by atoms with Crippen LogP contribution in [0.2, 0.25) is 0 Å². The van der Waals surface area contributed by atoms with Gasteiger partial charge < -0.3 is 15.1 Å². The first kappa shape index (κ1) is 13.4. The van der Waals surface area contributed by atoms with Crippen molar-refractivity contribution in [1.29, 1.82) is 0 Å². The van der Waals surface area contributed by atoms with Crippen LogP contribution in [0.1, 0.15) is 6.92 Å². The zero-order valence-electron chi connectivity index (χ0n) is 11.0. The van der Waals surface area contributed by atoms with Crippen LogP contribution >= 0.6 is 0 Å². The summed E-state index contributed by atoms with van der Waals surface area (Å²) in [6, 6.07) is 8.01. The van der Waals surface area contributed by atoms with Gasteiger partial charge in [0.1, 0.15) is 0 Å². The van der Waals surface area contributed by atoms with Gasteiger partial charge in [0.05, 0.1) is 6.54 Å². The van der Waals surface area contributed by atoms with Crippen LogP contribution in [0, 0.1) is 0 Å². The summed E-state index contributed by atoms with van der Waals surface area (Å²) in [4.78, 5) is 15.3. The Morgan fingerprint density at radius 3 is 2.24 bits per heavy atom. The standard InChI is InChI=1S/C13H21N3O/c1-5-16(4)13(17)10-14-11-6-8-12(9-7-11)15(2)3/h6-9,14H,5,10H2,1-4H3. The monoisotopic (exact) mass is 235 g/mol. The predicted molar refractivity (Wildman–Crippen MR) is 72.6 cm³/mol. The Morgan fingerprint density at radius 1 is 1.18 bits per heavy atom. The number of carbonyl (C=O) groups is 1. The summed E-state index contributed by atoms with van der Waals surface area (Å²) < 4.78 is 0. The zero-order chi connectivity index (χ0) is 12.8. The minimum atomic E-state index is 0.101. The van der Waals surface area contributed by atoms with Crippen LogP contribution in [-0.4, -0.2) is 45.0 Å². The van der Waals surface area contributed by atoms with Crippen LogP contribution in [0.5, 0.6) is 0 Å². The molecule has 4 nitrogen and oxygen atoms in total. The van der Waals surface area contributed by atoms with Crippen LogP contribution in [0.15, 0.2) is 24.3 Å². The van der Waals surface area contributed by atoms with E-state index in [0.29, 0.717) is 6.54 Å². The second kappa shape index (κ2) is 6.13. The Labute approximate surface area is 103 Å². The van der Waals surface area contributed by atoms with E-state index in [-0.39, 0.29) is 5.91 Å². The molecule has 0 fully saturated rings. The first-order valence-electron chi connectivity index (χ1n) is 5.79. The van der Waals surface area contributed by atoms with Crippen LogP contribution in [-0.2, 0) is 4.79 Å². The molecule has 0 heterocycles. The van der Waals surface area contributed by atoms with E-state index in [4.69, 9.17) is 0 Å². The van der Waals surface area contributed by atoms with E-state index in [1.807, 2.05) is 50.2 Å². The minimum Gasteiger partial charge on any atom is -0.378 e. The molecule has 0 bridgehead atoms. The van der Waals surface area contributed by atoms with Crippen molar-refractivity contribution in [3.63, 3.8) is 0 Å². The fraction of sp³-hybridized carbons (Fsp3) is 0.462. The number of benzene rings is 1. The summed E-state index contributed by atoms with van der Waals surface area (Å²) in [6.07, 6.45) is 0. The van der Waals surface area contributed by atoms with Crippen LogP contribution in [0.4, 0.5) is 11.4 Å². The van der Waals surface area contributed by atoms with Gasteiger partial charge in [0.15, 0.2) is 0 Å². The lowest BCUT2D eigenvalue weighted by Gasteiger charge is -2.16. The molecule has 0 aliphatic carbocycles. The number of nitrogens with one attached hydrogen (secondary N) is 1. The molecule has 1 aromatic rings. The molecule has 94 valence electrons. The van der Waals surface area contributed by atoms with Crippen molar-refractivity contribution in [2.24, 2.45) is 0 Å². The summed E-state index contributed by atoms with van der Waals surface area (Å²) in [5, 5.41) is 3.12. The highest BCUT2D eigenvalue weighted by Crippen LogP contribution is 2.15. The number of rotatable bonds is 5. The molecule has 1 rings (SSSR count). The highest BCUT2D eigenvalue weighted by Gasteiger charge is 2.05. The number of carbonyl (C=O) groups excluding carboxylic acids is 1. The average Bonchev–Trinajstić information content (AvgIpc) is 2.35. The second-order valence-corrected chi connectivity index (χ2v) is 4.20. The maximum absolute atomic E-state index is 11.6. The Morgan fingerprint density at radius 2 is 1.76 bits per heavy atom. The molecule has 0 saturated heterocycles. The Hall–Kier alpha value is -1.71. The van der Waals surface area contributed by atoms with E-state index in [9.17, 15) is 4.79 Å². The lowest BCUT2D eigenvalue weighted by atomic mass is 10.2. The zero-order valence-corrected chi connectivity index (χ0v) is 11.0. The van der Waals surface area contributed by atoms with Crippen molar-refractivity contribution in [3.05, 3.63) is 24.3 Å². The van der Waals surface area contributed by atoms with Gasteiger partial charge in [-0.25, -0.2) is 0 Å². The first-order chi connectivity index (χ1) is 8.04. The number of amides is 1. The van der Waals surface area contributed by atoms with E-state index >= 15 is 0 Å². The average molecular weight is 235 g/mol. The minimum absolute atomic E-state index is 0.101. The summed E-state index contributed by atoms with van der Waals surface area (Å²) >= 11 is 0. The highest BCUT2D eigenvalue weighted by atomic mass is 16.2. The van der Waals surface area contributed by atoms with Crippen molar-refractivity contribution >= 4 is 17.3 Å². The van der Waals surface area contributed by atoms with Gasteiger partial charge in [-0.2, -0.15) is 0 Å². The van der Waals surface area contributed by atoms with Crippen molar-refractivity contribution in [2.75, 3.05) is 44.4 Å². The van der Waals surface area contributed by atoms with Crippen molar-refractivity contribution < 1.29 is 4.79 Å². The molecule has 0 radical (unpaired) electrons. The van der Waals surface area contributed by atoms with Gasteiger partial charge in [0, 0.05) is 39.1 Å². The van der Waals surface area contributed by atoms with Crippen LogP contribution in [0.3, 0.4) is 0 Å². The quantitative estimate of drug-likeness (QED) is 0.843. The van der Waals surface area contributed by atoms with E-state index in [1.54, 1.807) is 11.9 Å². The van der Waals surface area contributed by atoms with Gasteiger partial charge in [0.2, 0.25) is 5.91 Å². The SMILES string of the molecule is CCN(C)C(=O)CNc1ccc(N(C)C)cc1.